The summed E-state index contributed by atoms with van der Waals surface area (Å²) in [7, 11) is -8.13. The molecule has 18 nitrogen and oxygen atoms in total. The molecule has 10 aliphatic rings. The van der Waals surface area contributed by atoms with Gasteiger partial charge in [-0.2, -0.15) is 12.9 Å². The Bertz CT molecular complexity index is 2390. The molecule has 0 aromatic rings. The van der Waals surface area contributed by atoms with Gasteiger partial charge >= 0.3 is 17.9 Å². The second kappa shape index (κ2) is 19.6. The molecule has 0 radical (unpaired) electrons. The lowest BCUT2D eigenvalue weighted by Crippen LogP contribution is -2.53. The summed E-state index contributed by atoms with van der Waals surface area (Å²) < 4.78 is 113. The van der Waals surface area contributed by atoms with Crippen LogP contribution in [0, 0.1) is 0 Å². The highest BCUT2D eigenvalue weighted by atomic mass is 32.2. The van der Waals surface area contributed by atoms with Crippen molar-refractivity contribution in [2.24, 2.45) is 0 Å². The van der Waals surface area contributed by atoms with Crippen LogP contribution >= 0.6 is 35.3 Å². The van der Waals surface area contributed by atoms with Gasteiger partial charge in [-0.1, -0.05) is 39.0 Å². The van der Waals surface area contributed by atoms with Crippen LogP contribution in [0.15, 0.2) is 36.5 Å². The quantitative estimate of drug-likeness (QED) is 0.110. The second-order valence-electron chi connectivity index (χ2n) is 20.3. The van der Waals surface area contributed by atoms with Crippen LogP contribution in [0.5, 0.6) is 0 Å². The predicted molar refractivity (Wildman–Crippen MR) is 259 cm³/mol. The smallest absolute Gasteiger partial charge is 0.335 e. The SMILES string of the molecule is C=C(C)C(=O)OCOC1C2CC3C(S2)C1N(C(C)(C)C)S3(=O)=O.C=C(C)C(=O)OCOC1C2CC3C(S2)C1N(C)S3(=O)=O.C=C(C)C(=O)OCOC1C2CC3C(S2)C1N(C1CCCCC1)S3(=O)=O. The van der Waals surface area contributed by atoms with Gasteiger partial charge in [0.25, 0.3) is 0 Å². The van der Waals surface area contributed by atoms with Crippen LogP contribution in [-0.4, -0.2) is 179 Å². The number of esters is 3. The van der Waals surface area contributed by atoms with Crippen LogP contribution in [0.2, 0.25) is 0 Å². The molecule has 0 amide bonds. The fraction of sp³-hybridized carbons (Fsp3) is 0.795. The normalized spacial score (nSPS) is 39.5. The van der Waals surface area contributed by atoms with Crippen molar-refractivity contribution in [3.63, 3.8) is 0 Å². The summed E-state index contributed by atoms with van der Waals surface area (Å²) in [6.07, 6.45) is 6.52. The maximum atomic E-state index is 13.1. The van der Waals surface area contributed by atoms with Gasteiger partial charge in [-0.3, -0.25) is 0 Å². The summed E-state index contributed by atoms with van der Waals surface area (Å²) in [6.45, 7) is 20.6. The van der Waals surface area contributed by atoms with Crippen LogP contribution in [-0.2, 0) is 72.9 Å². The molecule has 0 N–H and O–H groups in total. The maximum absolute atomic E-state index is 13.1. The Hall–Kier alpha value is -1.71. The lowest BCUT2D eigenvalue weighted by atomic mass is 9.89. The topological polar surface area (TPSA) is 219 Å². The Morgan fingerprint density at radius 2 is 0.926 bits per heavy atom. The molecule has 9 heterocycles. The van der Waals surface area contributed by atoms with E-state index >= 15 is 0 Å². The zero-order chi connectivity index (χ0) is 49.6. The van der Waals surface area contributed by atoms with Gasteiger partial charge in [0.15, 0.2) is 20.4 Å². The van der Waals surface area contributed by atoms with E-state index in [1.807, 2.05) is 20.8 Å². The molecule has 10 rings (SSSR count). The van der Waals surface area contributed by atoms with E-state index in [1.165, 1.54) is 10.7 Å². The predicted octanol–water partition coefficient (Wildman–Crippen LogP) is 3.92. The van der Waals surface area contributed by atoms with Crippen molar-refractivity contribution in [2.75, 3.05) is 27.4 Å². The molecule has 68 heavy (non-hydrogen) atoms. The molecule has 9 saturated heterocycles. The summed E-state index contributed by atoms with van der Waals surface area (Å²) >= 11 is 5.14. The number of thioether (sulfide) groups is 3. The molecule has 24 heteroatoms. The van der Waals surface area contributed by atoms with Crippen LogP contribution in [0.3, 0.4) is 0 Å². The lowest BCUT2D eigenvalue weighted by Gasteiger charge is -2.37. The lowest BCUT2D eigenvalue weighted by molar-refractivity contribution is -0.160. The zero-order valence-corrected chi connectivity index (χ0v) is 44.5. The number of hydrogen-bond donors (Lipinski definition) is 0. The first kappa shape index (κ1) is 52.6. The highest BCUT2D eigenvalue weighted by molar-refractivity contribution is 8.04. The van der Waals surface area contributed by atoms with Crippen molar-refractivity contribution >= 4 is 83.3 Å². The standard InChI is InChI=1S/C17H25NO5S2.C15H23NO5S2.C12H17NO5S2/c1-10(2)17(19)23-9-22-15-12-8-13-16(24-12)14(15)18(25(13,20)21)11-6-4-3-5-7-11;1-8(2)14(17)21-7-20-12-9-6-10-13(22-9)11(12)16(15(3,4)5)23(10,18)19;1-6(2)12(14)18-5-17-10-7-4-8-11(19-7)9(10)13(3)20(8,15)16/h11-16H,1,3-9H2,2H3;9-13H,1,6-7H2,2-5H3;7-11H,1,4-5H2,2-3H3. The van der Waals surface area contributed by atoms with Gasteiger partial charge in [0.05, 0.1) is 52.2 Å². The number of rotatable bonds is 13. The van der Waals surface area contributed by atoms with E-state index in [-0.39, 0.29) is 110 Å². The number of carbonyl (C=O) groups is 3. The van der Waals surface area contributed by atoms with Gasteiger partial charge in [0, 0.05) is 66.8 Å². The average molecular weight is 1070 g/mol. The largest absolute Gasteiger partial charge is 0.435 e. The van der Waals surface area contributed by atoms with Crippen LogP contribution in [0.4, 0.5) is 0 Å². The van der Waals surface area contributed by atoms with Gasteiger partial charge in [-0.15, -0.1) is 35.3 Å². The van der Waals surface area contributed by atoms with Crippen LogP contribution in [0.1, 0.15) is 92.9 Å². The van der Waals surface area contributed by atoms with Gasteiger partial charge in [0.2, 0.25) is 30.1 Å². The third-order valence-electron chi connectivity index (χ3n) is 14.7. The molecular formula is C44H65N3O15S6. The van der Waals surface area contributed by atoms with Gasteiger partial charge in [-0.05, 0) is 73.6 Å². The van der Waals surface area contributed by atoms with E-state index in [0.717, 1.165) is 25.7 Å². The minimum Gasteiger partial charge on any atom is -0.435 e. The molecule has 10 fully saturated rings. The molecule has 1 saturated carbocycles. The fourth-order valence-corrected chi connectivity index (χ4v) is 26.9. The molecule has 15 unspecified atom stereocenters. The number of ether oxygens (including phenoxy) is 6. The Morgan fingerprint density at radius 1 is 0.559 bits per heavy atom. The Kier molecular flexibility index (Phi) is 15.2. The summed E-state index contributed by atoms with van der Waals surface area (Å²) in [4.78, 5) is 34.3. The molecule has 0 aromatic carbocycles. The first-order chi connectivity index (χ1) is 31.8. The average Bonchev–Trinajstić information content (AvgIpc) is 4.15. The molecular weight excluding hydrogens is 1000 g/mol. The highest BCUT2D eigenvalue weighted by Gasteiger charge is 2.71. The van der Waals surface area contributed by atoms with Crippen molar-refractivity contribution in [3.8, 4) is 0 Å². The van der Waals surface area contributed by atoms with E-state index in [0.29, 0.717) is 36.0 Å². The number of hydrogen-bond acceptors (Lipinski definition) is 18. The Balaban J connectivity index is 0.000000139. The summed E-state index contributed by atoms with van der Waals surface area (Å²) in [5.74, 6) is -1.46. The molecule has 15 atom stereocenters. The van der Waals surface area contributed by atoms with E-state index in [2.05, 4.69) is 19.7 Å². The molecule has 0 aromatic heterocycles. The summed E-state index contributed by atoms with van der Waals surface area (Å²) in [6, 6.07) is -0.322. The maximum Gasteiger partial charge on any atom is 0.335 e. The van der Waals surface area contributed by atoms with E-state index in [4.69, 9.17) is 28.4 Å². The monoisotopic (exact) mass is 1070 g/mol. The van der Waals surface area contributed by atoms with Crippen molar-refractivity contribution < 1.29 is 68.1 Å². The molecule has 0 spiro atoms. The van der Waals surface area contributed by atoms with Gasteiger partial charge in [0.1, 0.15) is 0 Å². The second-order valence-corrected chi connectivity index (χ2v) is 30.9. The van der Waals surface area contributed by atoms with E-state index < -0.39 is 53.5 Å². The summed E-state index contributed by atoms with van der Waals surface area (Å²) in [5.41, 5.74) is 0.470. The Morgan fingerprint density at radius 3 is 1.35 bits per heavy atom. The van der Waals surface area contributed by atoms with Crippen LogP contribution in [0.25, 0.3) is 0 Å². The Labute approximate surface area is 413 Å². The van der Waals surface area contributed by atoms with Gasteiger partial charge < -0.3 is 28.4 Å². The van der Waals surface area contributed by atoms with Crippen molar-refractivity contribution in [2.45, 2.75) is 188 Å². The number of nitrogens with zero attached hydrogens (tertiary/aromatic N) is 3. The molecule has 382 valence electrons. The van der Waals surface area contributed by atoms with Crippen molar-refractivity contribution in [1.29, 1.82) is 0 Å². The molecule has 1 aliphatic carbocycles. The minimum atomic E-state index is -3.31. The van der Waals surface area contributed by atoms with Crippen molar-refractivity contribution in [3.05, 3.63) is 36.5 Å². The number of likely N-dealkylation sites (N-methyl/N-ethyl adjacent to an activating group) is 1. The van der Waals surface area contributed by atoms with Crippen LogP contribution < -0.4 is 0 Å². The third-order valence-corrected chi connectivity index (χ3v) is 27.7. The highest BCUT2D eigenvalue weighted by Crippen LogP contribution is 2.60. The fourth-order valence-electron chi connectivity index (χ4n) is 11.9. The third kappa shape index (κ3) is 9.31. The minimum absolute atomic E-state index is 0.0473. The number of carbonyl (C=O) groups excluding carboxylic acids is 3. The first-order valence-corrected chi connectivity index (χ1v) is 30.5. The molecule has 9 aliphatic heterocycles. The van der Waals surface area contributed by atoms with Gasteiger partial charge in [-0.25, -0.2) is 39.6 Å². The van der Waals surface area contributed by atoms with Crippen molar-refractivity contribution in [1.82, 2.24) is 12.9 Å². The molecule has 6 bridgehead atoms. The number of fused-ring (bicyclic) bond motifs is 3. The summed E-state index contributed by atoms with van der Waals surface area (Å²) in [5, 5.41) is -0.135. The van der Waals surface area contributed by atoms with E-state index in [1.54, 1.807) is 71.7 Å². The first-order valence-electron chi connectivity index (χ1n) is 23.1. The van der Waals surface area contributed by atoms with E-state index in [9.17, 15) is 39.6 Å². The zero-order valence-electron chi connectivity index (χ0n) is 39.6. The number of sulfonamides is 3.